The SMILES string of the molecule is C[C@H](O)c1ccc(OCc2c(F)cccc2F)c(Cl)c1. The Labute approximate surface area is 120 Å². The third-order valence-electron chi connectivity index (χ3n) is 2.87. The maximum absolute atomic E-state index is 13.4. The molecule has 0 aliphatic rings. The third kappa shape index (κ3) is 3.26. The van der Waals surface area contributed by atoms with Crippen LogP contribution in [-0.2, 0) is 6.61 Å². The molecule has 2 aromatic carbocycles. The number of hydrogen-bond donors (Lipinski definition) is 1. The molecule has 5 heteroatoms. The summed E-state index contributed by atoms with van der Waals surface area (Å²) >= 11 is 6.00. The fourth-order valence-corrected chi connectivity index (χ4v) is 1.96. The van der Waals surface area contributed by atoms with Gasteiger partial charge in [0.25, 0.3) is 0 Å². The summed E-state index contributed by atoms with van der Waals surface area (Å²) in [5.41, 5.74) is 0.489. The predicted octanol–water partition coefficient (Wildman–Crippen LogP) is 4.25. The molecule has 2 rings (SSSR count). The van der Waals surface area contributed by atoms with Gasteiger partial charge >= 0.3 is 0 Å². The Hall–Kier alpha value is -1.65. The monoisotopic (exact) mass is 298 g/mol. The van der Waals surface area contributed by atoms with Crippen LogP contribution in [0.5, 0.6) is 5.75 Å². The van der Waals surface area contributed by atoms with Gasteiger partial charge in [-0.25, -0.2) is 8.78 Å². The molecule has 0 aliphatic carbocycles. The summed E-state index contributed by atoms with van der Waals surface area (Å²) in [6.07, 6.45) is -0.648. The molecule has 1 atom stereocenters. The van der Waals surface area contributed by atoms with Gasteiger partial charge in [-0.15, -0.1) is 0 Å². The fraction of sp³-hybridized carbons (Fsp3) is 0.200. The first-order valence-corrected chi connectivity index (χ1v) is 6.40. The van der Waals surface area contributed by atoms with Crippen LogP contribution in [0.15, 0.2) is 36.4 Å². The zero-order valence-corrected chi connectivity index (χ0v) is 11.5. The highest BCUT2D eigenvalue weighted by Gasteiger charge is 2.11. The lowest BCUT2D eigenvalue weighted by Crippen LogP contribution is -2.02. The number of halogens is 3. The van der Waals surface area contributed by atoms with E-state index >= 15 is 0 Å². The standard InChI is InChI=1S/C15H13ClF2O2/c1-9(19)10-5-6-15(12(16)7-10)20-8-11-13(17)3-2-4-14(11)18/h2-7,9,19H,8H2,1H3/t9-/m0/s1. The van der Waals surface area contributed by atoms with Crippen LogP contribution >= 0.6 is 11.6 Å². The lowest BCUT2D eigenvalue weighted by molar-refractivity contribution is 0.199. The Morgan fingerprint density at radius 2 is 1.85 bits per heavy atom. The van der Waals surface area contributed by atoms with Crippen molar-refractivity contribution in [1.82, 2.24) is 0 Å². The van der Waals surface area contributed by atoms with Crippen molar-refractivity contribution in [2.45, 2.75) is 19.6 Å². The Morgan fingerprint density at radius 1 is 1.20 bits per heavy atom. The highest BCUT2D eigenvalue weighted by molar-refractivity contribution is 6.32. The van der Waals surface area contributed by atoms with Gasteiger partial charge in [-0.3, -0.25) is 0 Å². The van der Waals surface area contributed by atoms with Gasteiger partial charge in [0.1, 0.15) is 24.0 Å². The summed E-state index contributed by atoms with van der Waals surface area (Å²) in [5.74, 6) is -1.03. The van der Waals surface area contributed by atoms with E-state index in [1.807, 2.05) is 0 Å². The van der Waals surface area contributed by atoms with Crippen LogP contribution in [0.3, 0.4) is 0 Å². The van der Waals surface area contributed by atoms with Crippen LogP contribution in [0.1, 0.15) is 24.2 Å². The lowest BCUT2D eigenvalue weighted by Gasteiger charge is -2.11. The average molecular weight is 299 g/mol. The van der Waals surface area contributed by atoms with Crippen LogP contribution < -0.4 is 4.74 Å². The van der Waals surface area contributed by atoms with E-state index in [1.54, 1.807) is 25.1 Å². The van der Waals surface area contributed by atoms with Gasteiger partial charge in [-0.2, -0.15) is 0 Å². The Bertz CT molecular complexity index is 595. The number of aliphatic hydroxyl groups excluding tert-OH is 1. The van der Waals surface area contributed by atoms with E-state index in [1.165, 1.54) is 18.2 Å². The molecule has 0 saturated carbocycles. The van der Waals surface area contributed by atoms with Crippen molar-refractivity contribution in [3.05, 3.63) is 64.2 Å². The first-order valence-electron chi connectivity index (χ1n) is 6.02. The second-order valence-corrected chi connectivity index (χ2v) is 4.76. The maximum Gasteiger partial charge on any atom is 0.138 e. The molecule has 0 aromatic heterocycles. The van der Waals surface area contributed by atoms with Crippen LogP contribution in [0, 0.1) is 11.6 Å². The van der Waals surface area contributed by atoms with Crippen molar-refractivity contribution in [2.75, 3.05) is 0 Å². The quantitative estimate of drug-likeness (QED) is 0.914. The molecule has 2 nitrogen and oxygen atoms in total. The van der Waals surface area contributed by atoms with E-state index in [9.17, 15) is 13.9 Å². The second-order valence-electron chi connectivity index (χ2n) is 4.35. The van der Waals surface area contributed by atoms with Crippen LogP contribution in [-0.4, -0.2) is 5.11 Å². The van der Waals surface area contributed by atoms with Gasteiger partial charge in [-0.1, -0.05) is 23.7 Å². The van der Waals surface area contributed by atoms with Gasteiger partial charge in [0, 0.05) is 0 Å². The van der Waals surface area contributed by atoms with Gasteiger partial charge < -0.3 is 9.84 Å². The van der Waals surface area contributed by atoms with E-state index in [0.29, 0.717) is 11.3 Å². The number of aliphatic hydroxyl groups is 1. The zero-order chi connectivity index (χ0) is 14.7. The maximum atomic E-state index is 13.4. The van der Waals surface area contributed by atoms with Crippen molar-refractivity contribution >= 4 is 11.6 Å². The molecule has 20 heavy (non-hydrogen) atoms. The van der Waals surface area contributed by atoms with E-state index in [0.717, 1.165) is 0 Å². The molecule has 2 aromatic rings. The second kappa shape index (κ2) is 6.20. The molecule has 0 bridgehead atoms. The largest absolute Gasteiger partial charge is 0.487 e. The molecule has 0 aliphatic heterocycles. The van der Waals surface area contributed by atoms with Crippen molar-refractivity contribution in [3.63, 3.8) is 0 Å². The van der Waals surface area contributed by atoms with Gasteiger partial charge in [0.2, 0.25) is 0 Å². The van der Waals surface area contributed by atoms with Crippen molar-refractivity contribution in [3.8, 4) is 5.75 Å². The molecule has 0 unspecified atom stereocenters. The molecule has 0 heterocycles. The predicted molar refractivity (Wildman–Crippen MR) is 72.8 cm³/mol. The highest BCUT2D eigenvalue weighted by atomic mass is 35.5. The number of benzene rings is 2. The Kier molecular flexibility index (Phi) is 4.57. The van der Waals surface area contributed by atoms with E-state index < -0.39 is 17.7 Å². The van der Waals surface area contributed by atoms with Gasteiger partial charge in [0.15, 0.2) is 0 Å². The highest BCUT2D eigenvalue weighted by Crippen LogP contribution is 2.29. The number of ether oxygens (including phenoxy) is 1. The lowest BCUT2D eigenvalue weighted by atomic mass is 10.1. The smallest absolute Gasteiger partial charge is 0.138 e. The summed E-state index contributed by atoms with van der Waals surface area (Å²) in [6, 6.07) is 8.38. The van der Waals surface area contributed by atoms with Crippen molar-refractivity contribution in [2.24, 2.45) is 0 Å². The third-order valence-corrected chi connectivity index (χ3v) is 3.17. The first-order chi connectivity index (χ1) is 9.49. The van der Waals surface area contributed by atoms with E-state index in [4.69, 9.17) is 16.3 Å². The van der Waals surface area contributed by atoms with Crippen LogP contribution in [0.2, 0.25) is 5.02 Å². The molecule has 0 fully saturated rings. The Balaban J connectivity index is 2.15. The molecular weight excluding hydrogens is 286 g/mol. The van der Waals surface area contributed by atoms with Crippen molar-refractivity contribution in [1.29, 1.82) is 0 Å². The molecule has 0 radical (unpaired) electrons. The first kappa shape index (κ1) is 14.8. The van der Waals surface area contributed by atoms with Crippen molar-refractivity contribution < 1.29 is 18.6 Å². The summed E-state index contributed by atoms with van der Waals surface area (Å²) < 4.78 is 32.2. The van der Waals surface area contributed by atoms with Gasteiger partial charge in [0.05, 0.1) is 16.7 Å². The topological polar surface area (TPSA) is 29.5 Å². The van der Waals surface area contributed by atoms with E-state index in [-0.39, 0.29) is 17.2 Å². The Morgan fingerprint density at radius 3 is 2.40 bits per heavy atom. The minimum absolute atomic E-state index is 0.150. The van der Waals surface area contributed by atoms with Crippen LogP contribution in [0.25, 0.3) is 0 Å². The summed E-state index contributed by atoms with van der Waals surface area (Å²) in [6.45, 7) is 1.35. The minimum atomic E-state index is -0.665. The number of hydrogen-bond acceptors (Lipinski definition) is 2. The summed E-state index contributed by atoms with van der Waals surface area (Å²) in [4.78, 5) is 0. The number of rotatable bonds is 4. The molecule has 0 saturated heterocycles. The van der Waals surface area contributed by atoms with Gasteiger partial charge in [-0.05, 0) is 36.8 Å². The molecule has 0 spiro atoms. The van der Waals surface area contributed by atoms with E-state index in [2.05, 4.69) is 0 Å². The normalized spacial score (nSPS) is 12.2. The summed E-state index contributed by atoms with van der Waals surface area (Å²) in [5, 5.41) is 9.70. The summed E-state index contributed by atoms with van der Waals surface area (Å²) in [7, 11) is 0. The average Bonchev–Trinajstić information content (AvgIpc) is 2.39. The van der Waals surface area contributed by atoms with Crippen LogP contribution in [0.4, 0.5) is 8.78 Å². The molecule has 106 valence electrons. The molecule has 0 amide bonds. The zero-order valence-electron chi connectivity index (χ0n) is 10.7. The fourth-order valence-electron chi connectivity index (χ4n) is 1.71. The minimum Gasteiger partial charge on any atom is -0.487 e. The molecule has 1 N–H and O–H groups in total. The molecular formula is C15H13ClF2O2.